The molecule has 0 amide bonds. The van der Waals surface area contributed by atoms with E-state index in [-0.39, 0.29) is 41.9 Å². The number of pyridine rings is 1. The maximum atomic E-state index is 14.0. The fraction of sp³-hybridized carbons (Fsp3) is 0.214. The van der Waals surface area contributed by atoms with E-state index in [1.807, 2.05) is 35.2 Å². The summed E-state index contributed by atoms with van der Waals surface area (Å²) in [6.45, 7) is 1.44. The molecule has 1 fully saturated rings. The first-order valence-electron chi connectivity index (χ1n) is 12.2. The smallest absolute Gasteiger partial charge is 0.278 e. The number of rotatable bonds is 4. The van der Waals surface area contributed by atoms with Crippen molar-refractivity contribution >= 4 is 40.0 Å². The number of nitrogens with zero attached hydrogens (tertiary/aromatic N) is 6. The zero-order chi connectivity index (χ0) is 25.5. The van der Waals surface area contributed by atoms with Crippen molar-refractivity contribution in [3.05, 3.63) is 94.5 Å². The van der Waals surface area contributed by atoms with Crippen LogP contribution in [0.4, 0.5) is 10.2 Å². The molecule has 4 heterocycles. The van der Waals surface area contributed by atoms with E-state index in [9.17, 15) is 14.4 Å². The molecule has 1 unspecified atom stereocenters. The summed E-state index contributed by atoms with van der Waals surface area (Å²) in [5.74, 6) is 0.171. The predicted molar refractivity (Wildman–Crippen MR) is 148 cm³/mol. The van der Waals surface area contributed by atoms with Crippen LogP contribution in [0.2, 0.25) is 0 Å². The van der Waals surface area contributed by atoms with Gasteiger partial charge in [0.2, 0.25) is 0 Å². The average molecular weight is 530 g/mol. The summed E-state index contributed by atoms with van der Waals surface area (Å²) >= 11 is 0. The highest BCUT2D eigenvalue weighted by atomic mass is 35.5. The summed E-state index contributed by atoms with van der Waals surface area (Å²) in [6.07, 6.45) is 4.94. The molecule has 10 heteroatoms. The lowest BCUT2D eigenvalue weighted by molar-refractivity contribution is 0.501. The quantitative estimate of drug-likeness (QED) is 0.375. The lowest BCUT2D eigenvalue weighted by atomic mass is 10.1. The van der Waals surface area contributed by atoms with Crippen LogP contribution in [0.25, 0.3) is 27.5 Å². The normalized spacial score (nSPS) is 15.4. The molecule has 0 spiro atoms. The first kappa shape index (κ1) is 25.4. The Morgan fingerprint density at radius 3 is 2.66 bits per heavy atom. The van der Waals surface area contributed by atoms with Gasteiger partial charge in [-0.15, -0.1) is 12.4 Å². The Morgan fingerprint density at radius 1 is 1.11 bits per heavy atom. The summed E-state index contributed by atoms with van der Waals surface area (Å²) < 4.78 is 17.1. The van der Waals surface area contributed by atoms with Crippen molar-refractivity contribution in [1.29, 1.82) is 5.26 Å². The third-order valence-electron chi connectivity index (χ3n) is 6.94. The second-order valence-electron chi connectivity index (χ2n) is 9.32. The van der Waals surface area contributed by atoms with Gasteiger partial charge >= 0.3 is 0 Å². The minimum absolute atomic E-state index is 0. The van der Waals surface area contributed by atoms with Gasteiger partial charge in [-0.05, 0) is 48.6 Å². The second-order valence-corrected chi connectivity index (χ2v) is 9.32. The van der Waals surface area contributed by atoms with E-state index in [1.54, 1.807) is 22.9 Å². The van der Waals surface area contributed by atoms with Crippen LogP contribution in [0.1, 0.15) is 24.1 Å². The number of fused-ring (bicyclic) bond motifs is 2. The third-order valence-corrected chi connectivity index (χ3v) is 6.94. The van der Waals surface area contributed by atoms with E-state index in [4.69, 9.17) is 5.73 Å². The highest BCUT2D eigenvalue weighted by molar-refractivity contribution is 5.91. The fourth-order valence-electron chi connectivity index (χ4n) is 5.22. The van der Waals surface area contributed by atoms with Crippen LogP contribution in [0.5, 0.6) is 0 Å². The summed E-state index contributed by atoms with van der Waals surface area (Å²) in [7, 11) is 0. The van der Waals surface area contributed by atoms with E-state index in [2.05, 4.69) is 16.0 Å². The molecule has 38 heavy (non-hydrogen) atoms. The molecule has 0 saturated carbocycles. The van der Waals surface area contributed by atoms with Gasteiger partial charge in [-0.3, -0.25) is 18.9 Å². The molecule has 0 bridgehead atoms. The van der Waals surface area contributed by atoms with Crippen LogP contribution in [0, 0.1) is 17.1 Å². The minimum Gasteiger partial charge on any atom is -0.355 e. The molecule has 5 aromatic rings. The second kappa shape index (κ2) is 10.2. The Kier molecular flexibility index (Phi) is 6.85. The summed E-state index contributed by atoms with van der Waals surface area (Å²) in [5, 5.41) is 12.2. The van der Waals surface area contributed by atoms with E-state index < -0.39 is 0 Å². The lowest BCUT2D eigenvalue weighted by Crippen LogP contribution is -2.43. The Hall–Kier alpha value is -4.26. The number of piperidine rings is 1. The molecule has 192 valence electrons. The molecule has 8 nitrogen and oxygen atoms in total. The molecule has 2 N–H and O–H groups in total. The SMILES string of the molecule is Cl.N#Cc1c(N2CCCC(N)C2)n(-c2ccc(F)cc2)c2c(=O)n(Cc3nccc4ccccc34)cnc12. The number of hydrogen-bond acceptors (Lipinski definition) is 6. The molecule has 1 aliphatic heterocycles. The van der Waals surface area contributed by atoms with Crippen molar-refractivity contribution < 1.29 is 4.39 Å². The Balaban J connectivity index is 0.00000294. The zero-order valence-corrected chi connectivity index (χ0v) is 21.2. The molecule has 1 aliphatic rings. The number of nitrogens with two attached hydrogens (primary N) is 1. The van der Waals surface area contributed by atoms with E-state index in [0.29, 0.717) is 35.7 Å². The Labute approximate surface area is 224 Å². The molecule has 0 aliphatic carbocycles. The summed E-state index contributed by atoms with van der Waals surface area (Å²) in [6, 6.07) is 17.9. The average Bonchev–Trinajstić information content (AvgIpc) is 3.26. The molecule has 0 radical (unpaired) electrons. The molecule has 1 saturated heterocycles. The van der Waals surface area contributed by atoms with E-state index >= 15 is 0 Å². The van der Waals surface area contributed by atoms with Gasteiger partial charge in [0.05, 0.1) is 18.6 Å². The number of aromatic nitrogens is 4. The first-order chi connectivity index (χ1) is 18.0. The first-order valence-corrected chi connectivity index (χ1v) is 12.2. The minimum atomic E-state index is -0.389. The van der Waals surface area contributed by atoms with Gasteiger partial charge in [-0.25, -0.2) is 9.37 Å². The molecular formula is C28H25ClFN7O. The highest BCUT2D eigenvalue weighted by Crippen LogP contribution is 2.34. The van der Waals surface area contributed by atoms with Gasteiger partial charge in [0, 0.05) is 36.4 Å². The van der Waals surface area contributed by atoms with Crippen molar-refractivity contribution in [2.75, 3.05) is 18.0 Å². The largest absolute Gasteiger partial charge is 0.355 e. The summed E-state index contributed by atoms with van der Waals surface area (Å²) in [4.78, 5) is 25.2. The Morgan fingerprint density at radius 2 is 1.89 bits per heavy atom. The van der Waals surface area contributed by atoms with Crippen molar-refractivity contribution in [2.24, 2.45) is 5.73 Å². The van der Waals surface area contributed by atoms with Crippen LogP contribution in [-0.2, 0) is 6.54 Å². The van der Waals surface area contributed by atoms with Gasteiger partial charge in [-0.2, -0.15) is 5.26 Å². The standard InChI is InChI=1S/C28H24FN7O.ClH/c29-19-7-9-21(10-8-19)36-26-25(23(14-30)27(36)34-13-3-5-20(31)15-34)33-17-35(28(26)37)16-24-22-6-2-1-4-18(22)11-12-32-24;/h1-2,4,6-12,17,20H,3,5,13,15-16,31H2;1H. The third kappa shape index (κ3) is 4.28. The van der Waals surface area contributed by atoms with Crippen molar-refractivity contribution in [3.63, 3.8) is 0 Å². The van der Waals surface area contributed by atoms with Gasteiger partial charge in [0.1, 0.15) is 34.3 Å². The van der Waals surface area contributed by atoms with Crippen molar-refractivity contribution in [2.45, 2.75) is 25.4 Å². The topological polar surface area (TPSA) is 106 Å². The van der Waals surface area contributed by atoms with Gasteiger partial charge in [-0.1, -0.05) is 24.3 Å². The fourth-order valence-corrected chi connectivity index (χ4v) is 5.22. The summed E-state index contributed by atoms with van der Waals surface area (Å²) in [5.41, 5.74) is 8.15. The van der Waals surface area contributed by atoms with E-state index in [1.165, 1.54) is 23.0 Å². The number of anilines is 1. The van der Waals surface area contributed by atoms with Gasteiger partial charge in [0.25, 0.3) is 5.56 Å². The zero-order valence-electron chi connectivity index (χ0n) is 20.4. The molecule has 2 aromatic carbocycles. The van der Waals surface area contributed by atoms with E-state index in [0.717, 1.165) is 29.3 Å². The number of halogens is 2. The van der Waals surface area contributed by atoms with Crippen LogP contribution in [-0.4, -0.2) is 38.2 Å². The molecule has 3 aromatic heterocycles. The number of nitriles is 1. The van der Waals surface area contributed by atoms with Gasteiger partial charge in [0.15, 0.2) is 0 Å². The van der Waals surface area contributed by atoms with Crippen LogP contribution < -0.4 is 16.2 Å². The Bertz CT molecular complexity index is 1730. The predicted octanol–water partition coefficient (Wildman–Crippen LogP) is 4.14. The lowest BCUT2D eigenvalue weighted by Gasteiger charge is -2.33. The number of hydrogen-bond donors (Lipinski definition) is 1. The van der Waals surface area contributed by atoms with Crippen molar-refractivity contribution in [1.82, 2.24) is 19.1 Å². The van der Waals surface area contributed by atoms with Crippen LogP contribution in [0.15, 0.2) is 71.9 Å². The monoisotopic (exact) mass is 529 g/mol. The maximum Gasteiger partial charge on any atom is 0.278 e. The molecule has 6 rings (SSSR count). The molecular weight excluding hydrogens is 505 g/mol. The number of benzene rings is 2. The van der Waals surface area contributed by atoms with Crippen molar-refractivity contribution in [3.8, 4) is 11.8 Å². The maximum absolute atomic E-state index is 14.0. The van der Waals surface area contributed by atoms with Gasteiger partial charge < -0.3 is 10.6 Å². The van der Waals surface area contributed by atoms with Crippen LogP contribution in [0.3, 0.4) is 0 Å². The highest BCUT2D eigenvalue weighted by Gasteiger charge is 2.29. The van der Waals surface area contributed by atoms with Crippen LogP contribution >= 0.6 is 12.4 Å². The molecule has 1 atom stereocenters.